The third-order valence-corrected chi connectivity index (χ3v) is 6.54. The van der Waals surface area contributed by atoms with E-state index in [1.807, 2.05) is 36.1 Å². The molecule has 0 aliphatic carbocycles. The van der Waals surface area contributed by atoms with Gasteiger partial charge in [-0.15, -0.1) is 11.3 Å². The molecule has 0 bridgehead atoms. The lowest BCUT2D eigenvalue weighted by Gasteiger charge is -2.37. The number of benzene rings is 1. The molecule has 0 spiro atoms. The Hall–Kier alpha value is -3.06. The number of nitrogens with zero attached hydrogens (tertiary/aromatic N) is 2. The highest BCUT2D eigenvalue weighted by Crippen LogP contribution is 2.34. The second-order valence-corrected chi connectivity index (χ2v) is 8.73. The maximum Gasteiger partial charge on any atom is 0.242 e. The van der Waals surface area contributed by atoms with Gasteiger partial charge in [-0.2, -0.15) is 0 Å². The van der Waals surface area contributed by atoms with Gasteiger partial charge < -0.3 is 19.0 Å². The SMILES string of the molecule is CC(=O)N(CC(=O)N1CCc2sccc2[C@H]1COc1ccc(C)cc1)Cc1ccco1. The summed E-state index contributed by atoms with van der Waals surface area (Å²) >= 11 is 1.72. The van der Waals surface area contributed by atoms with Crippen LogP contribution >= 0.6 is 11.3 Å². The van der Waals surface area contributed by atoms with E-state index in [0.717, 1.165) is 17.7 Å². The van der Waals surface area contributed by atoms with Crippen molar-refractivity contribution in [1.29, 1.82) is 0 Å². The van der Waals surface area contributed by atoms with Gasteiger partial charge in [0.05, 0.1) is 18.8 Å². The number of hydrogen-bond donors (Lipinski definition) is 0. The van der Waals surface area contributed by atoms with E-state index >= 15 is 0 Å². The van der Waals surface area contributed by atoms with Gasteiger partial charge in [-0.1, -0.05) is 17.7 Å². The van der Waals surface area contributed by atoms with Crippen molar-refractivity contribution in [2.45, 2.75) is 32.9 Å². The molecule has 1 atom stereocenters. The largest absolute Gasteiger partial charge is 0.491 e. The van der Waals surface area contributed by atoms with Crippen LogP contribution in [0.25, 0.3) is 0 Å². The van der Waals surface area contributed by atoms with E-state index in [2.05, 4.69) is 11.4 Å². The molecule has 0 N–H and O–H groups in total. The second kappa shape index (κ2) is 9.39. The van der Waals surface area contributed by atoms with Crippen LogP contribution in [0.1, 0.15) is 34.7 Å². The minimum atomic E-state index is -0.179. The van der Waals surface area contributed by atoms with Gasteiger partial charge in [0.2, 0.25) is 11.8 Å². The minimum absolute atomic E-state index is 0.0105. The Morgan fingerprint density at radius 3 is 2.74 bits per heavy atom. The van der Waals surface area contributed by atoms with Gasteiger partial charge in [0.15, 0.2) is 0 Å². The molecule has 0 radical (unpaired) electrons. The Balaban J connectivity index is 1.49. The van der Waals surface area contributed by atoms with Crippen molar-refractivity contribution < 1.29 is 18.7 Å². The maximum absolute atomic E-state index is 13.3. The molecule has 3 aromatic rings. The van der Waals surface area contributed by atoms with E-state index in [4.69, 9.17) is 9.15 Å². The highest BCUT2D eigenvalue weighted by Gasteiger charge is 2.33. The van der Waals surface area contributed by atoms with Crippen LogP contribution in [-0.2, 0) is 22.6 Å². The minimum Gasteiger partial charge on any atom is -0.491 e. The van der Waals surface area contributed by atoms with Crippen LogP contribution in [0.3, 0.4) is 0 Å². The van der Waals surface area contributed by atoms with Crippen LogP contribution in [0.2, 0.25) is 0 Å². The summed E-state index contributed by atoms with van der Waals surface area (Å²) in [7, 11) is 0. The highest BCUT2D eigenvalue weighted by molar-refractivity contribution is 7.10. The van der Waals surface area contributed by atoms with E-state index < -0.39 is 0 Å². The van der Waals surface area contributed by atoms with Crippen LogP contribution in [0.15, 0.2) is 58.5 Å². The molecule has 1 aliphatic rings. The number of hydrogen-bond acceptors (Lipinski definition) is 5. The van der Waals surface area contributed by atoms with Crippen LogP contribution in [-0.4, -0.2) is 41.3 Å². The zero-order valence-electron chi connectivity index (χ0n) is 17.7. The number of amides is 2. The fourth-order valence-electron chi connectivity index (χ4n) is 3.81. The Morgan fingerprint density at radius 2 is 2.03 bits per heavy atom. The van der Waals surface area contributed by atoms with Crippen LogP contribution in [0.4, 0.5) is 0 Å². The zero-order valence-corrected chi connectivity index (χ0v) is 18.6. The predicted octanol–water partition coefficient (Wildman–Crippen LogP) is 4.20. The maximum atomic E-state index is 13.3. The van der Waals surface area contributed by atoms with Gasteiger partial charge in [0.25, 0.3) is 0 Å². The molecule has 2 aromatic heterocycles. The first kappa shape index (κ1) is 21.2. The smallest absolute Gasteiger partial charge is 0.242 e. The number of thiophene rings is 1. The summed E-state index contributed by atoms with van der Waals surface area (Å²) in [5.74, 6) is 1.19. The van der Waals surface area contributed by atoms with Gasteiger partial charge in [-0.25, -0.2) is 0 Å². The van der Waals surface area contributed by atoms with Gasteiger partial charge in [0, 0.05) is 18.3 Å². The van der Waals surface area contributed by atoms with E-state index in [1.165, 1.54) is 22.3 Å². The molecule has 0 saturated carbocycles. The number of aryl methyl sites for hydroxylation is 1. The van der Waals surface area contributed by atoms with Gasteiger partial charge in [-0.3, -0.25) is 9.59 Å². The number of ether oxygens (including phenoxy) is 1. The summed E-state index contributed by atoms with van der Waals surface area (Å²) in [5.41, 5.74) is 2.31. The summed E-state index contributed by atoms with van der Waals surface area (Å²) < 4.78 is 11.4. The number of rotatable bonds is 7. The van der Waals surface area contributed by atoms with Crippen molar-refractivity contribution in [3.05, 3.63) is 75.9 Å². The van der Waals surface area contributed by atoms with Crippen LogP contribution < -0.4 is 4.74 Å². The molecule has 3 heterocycles. The Labute approximate surface area is 186 Å². The van der Waals surface area contributed by atoms with E-state index in [9.17, 15) is 9.59 Å². The number of fused-ring (bicyclic) bond motifs is 1. The molecule has 1 aliphatic heterocycles. The molecule has 1 aromatic carbocycles. The third-order valence-electron chi connectivity index (χ3n) is 5.54. The van der Waals surface area contributed by atoms with Crippen molar-refractivity contribution in [1.82, 2.24) is 9.80 Å². The Bertz CT molecular complexity index is 1030. The van der Waals surface area contributed by atoms with E-state index in [0.29, 0.717) is 18.9 Å². The van der Waals surface area contributed by atoms with Crippen LogP contribution in [0.5, 0.6) is 5.75 Å². The zero-order chi connectivity index (χ0) is 21.8. The molecule has 0 saturated heterocycles. The monoisotopic (exact) mass is 438 g/mol. The third kappa shape index (κ3) is 4.99. The second-order valence-electron chi connectivity index (χ2n) is 7.73. The number of furan rings is 1. The molecule has 4 rings (SSSR count). The summed E-state index contributed by atoms with van der Waals surface area (Å²) in [4.78, 5) is 30.1. The molecule has 7 heteroatoms. The summed E-state index contributed by atoms with van der Waals surface area (Å²) in [5, 5.41) is 2.07. The Kier molecular flexibility index (Phi) is 6.42. The molecule has 0 unspecified atom stereocenters. The topological polar surface area (TPSA) is 63.0 Å². The average molecular weight is 439 g/mol. The molecule has 31 heavy (non-hydrogen) atoms. The van der Waals surface area contributed by atoms with Crippen molar-refractivity contribution in [2.75, 3.05) is 19.7 Å². The quantitative estimate of drug-likeness (QED) is 0.555. The summed E-state index contributed by atoms with van der Waals surface area (Å²) in [6, 6.07) is 13.4. The van der Waals surface area contributed by atoms with Gasteiger partial charge in [0.1, 0.15) is 24.7 Å². The molecule has 2 amide bonds. The predicted molar refractivity (Wildman–Crippen MR) is 119 cm³/mol. The van der Waals surface area contributed by atoms with Crippen molar-refractivity contribution in [3.8, 4) is 5.75 Å². The van der Waals surface area contributed by atoms with E-state index in [-0.39, 0.29) is 30.9 Å². The number of carbonyl (C=O) groups excluding carboxylic acids is 2. The standard InChI is InChI=1S/C24H26N2O4S/c1-17-5-7-19(8-6-17)30-16-22-21-10-13-31-23(21)9-11-26(22)24(28)15-25(18(2)27)14-20-4-3-12-29-20/h3-8,10,12-13,22H,9,11,14-16H2,1-2H3/t22-/m1/s1. The van der Waals surface area contributed by atoms with E-state index in [1.54, 1.807) is 29.7 Å². The molecule has 0 fully saturated rings. The molecule has 6 nitrogen and oxygen atoms in total. The van der Waals surface area contributed by atoms with Crippen molar-refractivity contribution >= 4 is 23.2 Å². The lowest BCUT2D eigenvalue weighted by atomic mass is 10.0. The van der Waals surface area contributed by atoms with Crippen molar-refractivity contribution in [3.63, 3.8) is 0 Å². The molecular formula is C24H26N2O4S. The van der Waals surface area contributed by atoms with Crippen molar-refractivity contribution in [2.24, 2.45) is 0 Å². The number of carbonyl (C=O) groups is 2. The first-order valence-corrected chi connectivity index (χ1v) is 11.2. The normalized spacial score (nSPS) is 15.4. The van der Waals surface area contributed by atoms with Gasteiger partial charge in [-0.05, 0) is 54.6 Å². The Morgan fingerprint density at radius 1 is 1.23 bits per heavy atom. The fraction of sp³-hybridized carbons (Fsp3) is 0.333. The highest BCUT2D eigenvalue weighted by atomic mass is 32.1. The molecule has 162 valence electrons. The average Bonchev–Trinajstić information content (AvgIpc) is 3.44. The lowest BCUT2D eigenvalue weighted by Crippen LogP contribution is -2.47. The first-order valence-electron chi connectivity index (χ1n) is 10.3. The summed E-state index contributed by atoms with van der Waals surface area (Å²) in [6.07, 6.45) is 2.38. The van der Waals surface area contributed by atoms with Crippen LogP contribution in [0, 0.1) is 6.92 Å². The van der Waals surface area contributed by atoms with Gasteiger partial charge >= 0.3 is 0 Å². The first-order chi connectivity index (χ1) is 15.0. The lowest BCUT2D eigenvalue weighted by molar-refractivity contribution is -0.142. The summed E-state index contributed by atoms with van der Waals surface area (Å²) in [6.45, 7) is 4.78. The molecular weight excluding hydrogens is 412 g/mol. The fourth-order valence-corrected chi connectivity index (χ4v) is 4.74.